The molecule has 1 aliphatic heterocycles. The first-order chi connectivity index (χ1) is 16.8. The van der Waals surface area contributed by atoms with Crippen molar-refractivity contribution in [1.82, 2.24) is 9.88 Å². The van der Waals surface area contributed by atoms with E-state index in [0.717, 1.165) is 37.0 Å². The highest BCUT2D eigenvalue weighted by Gasteiger charge is 2.37. The van der Waals surface area contributed by atoms with Crippen LogP contribution in [0.2, 0.25) is 0 Å². The predicted molar refractivity (Wildman–Crippen MR) is 140 cm³/mol. The van der Waals surface area contributed by atoms with Crippen LogP contribution in [0.15, 0.2) is 83.0 Å². The van der Waals surface area contributed by atoms with Gasteiger partial charge in [-0.2, -0.15) is 0 Å². The highest BCUT2D eigenvalue weighted by atomic mass is 79.9. The summed E-state index contributed by atoms with van der Waals surface area (Å²) in [6.07, 6.45) is 3.50. The molecule has 5 rings (SSSR count). The number of nitrogens with zero attached hydrogens (tertiary/aromatic N) is 2. The topological polar surface area (TPSA) is 71.4 Å². The number of nitrogens with one attached hydrogen (secondary N) is 1. The van der Waals surface area contributed by atoms with Crippen LogP contribution in [0.4, 0.5) is 10.5 Å². The zero-order valence-corrected chi connectivity index (χ0v) is 20.8. The number of barbiturate groups is 1. The number of anilines is 1. The van der Waals surface area contributed by atoms with Crippen molar-refractivity contribution in [3.05, 3.63) is 105 Å². The van der Waals surface area contributed by atoms with Gasteiger partial charge in [0.1, 0.15) is 5.57 Å². The van der Waals surface area contributed by atoms with E-state index in [2.05, 4.69) is 50.9 Å². The van der Waals surface area contributed by atoms with Crippen LogP contribution in [0.1, 0.15) is 22.3 Å². The van der Waals surface area contributed by atoms with Crippen LogP contribution in [0, 0.1) is 13.8 Å². The quantitative estimate of drug-likeness (QED) is 0.272. The molecule has 35 heavy (non-hydrogen) atoms. The number of imide groups is 2. The van der Waals surface area contributed by atoms with E-state index >= 15 is 0 Å². The first-order valence-electron chi connectivity index (χ1n) is 11.1. The Bertz CT molecular complexity index is 1550. The lowest BCUT2D eigenvalue weighted by atomic mass is 10.1. The van der Waals surface area contributed by atoms with Crippen molar-refractivity contribution in [3.8, 4) is 0 Å². The fourth-order valence-corrected chi connectivity index (χ4v) is 4.59. The summed E-state index contributed by atoms with van der Waals surface area (Å²) in [5.74, 6) is -1.36. The van der Waals surface area contributed by atoms with Crippen molar-refractivity contribution in [3.63, 3.8) is 0 Å². The third-order valence-electron chi connectivity index (χ3n) is 6.06. The largest absolute Gasteiger partial charge is 0.342 e. The molecule has 1 fully saturated rings. The number of aryl methyl sites for hydroxylation is 2. The van der Waals surface area contributed by atoms with Crippen LogP contribution < -0.4 is 10.2 Å². The summed E-state index contributed by atoms with van der Waals surface area (Å²) in [7, 11) is 0. The van der Waals surface area contributed by atoms with Crippen LogP contribution in [0.3, 0.4) is 0 Å². The Morgan fingerprint density at radius 2 is 1.74 bits per heavy atom. The molecule has 2 heterocycles. The monoisotopic (exact) mass is 527 g/mol. The molecule has 0 saturated carbocycles. The molecule has 4 aromatic rings. The number of fused-ring (bicyclic) bond motifs is 1. The van der Waals surface area contributed by atoms with E-state index < -0.39 is 17.8 Å². The van der Waals surface area contributed by atoms with Gasteiger partial charge in [-0.25, -0.2) is 9.69 Å². The first kappa shape index (κ1) is 22.8. The number of benzene rings is 3. The number of carbonyl (C=O) groups is 3. The molecular formula is C28H22BrN3O3. The summed E-state index contributed by atoms with van der Waals surface area (Å²) < 4.78 is 2.96. The lowest BCUT2D eigenvalue weighted by molar-refractivity contribution is -0.122. The molecule has 4 amide bonds. The van der Waals surface area contributed by atoms with Gasteiger partial charge in [0.05, 0.1) is 5.69 Å². The van der Waals surface area contributed by atoms with Crippen molar-refractivity contribution in [1.29, 1.82) is 0 Å². The first-order valence-corrected chi connectivity index (χ1v) is 11.9. The van der Waals surface area contributed by atoms with E-state index in [1.165, 1.54) is 5.56 Å². The van der Waals surface area contributed by atoms with Gasteiger partial charge in [-0.05, 0) is 55.3 Å². The Labute approximate surface area is 211 Å². The molecule has 0 bridgehead atoms. The molecule has 1 saturated heterocycles. The number of amides is 4. The SMILES string of the molecule is Cc1cccc(Cn2cc(/C=C3\C(=O)NC(=O)N(c4ccc(Br)c(C)c4)C3=O)c3ccccc32)c1. The second-order valence-electron chi connectivity index (χ2n) is 8.61. The van der Waals surface area contributed by atoms with Gasteiger partial charge in [-0.3, -0.25) is 14.9 Å². The minimum Gasteiger partial charge on any atom is -0.342 e. The number of halogens is 1. The van der Waals surface area contributed by atoms with E-state index in [4.69, 9.17) is 0 Å². The Balaban J connectivity index is 1.57. The Hall–Kier alpha value is -3.97. The van der Waals surface area contributed by atoms with Crippen molar-refractivity contribution in [2.45, 2.75) is 20.4 Å². The third kappa shape index (κ3) is 4.31. The molecule has 174 valence electrons. The number of urea groups is 1. The zero-order valence-electron chi connectivity index (χ0n) is 19.2. The fourth-order valence-electron chi connectivity index (χ4n) is 4.34. The number of rotatable bonds is 4. The highest BCUT2D eigenvalue weighted by Crippen LogP contribution is 2.29. The van der Waals surface area contributed by atoms with Crippen molar-refractivity contribution in [2.24, 2.45) is 0 Å². The molecule has 0 spiro atoms. The summed E-state index contributed by atoms with van der Waals surface area (Å²) in [4.78, 5) is 39.7. The van der Waals surface area contributed by atoms with Crippen molar-refractivity contribution < 1.29 is 14.4 Å². The number of hydrogen-bond donors (Lipinski definition) is 1. The summed E-state index contributed by atoms with van der Waals surface area (Å²) >= 11 is 3.43. The molecule has 6 nitrogen and oxygen atoms in total. The number of aromatic nitrogens is 1. The van der Waals surface area contributed by atoms with Crippen molar-refractivity contribution >= 4 is 56.4 Å². The van der Waals surface area contributed by atoms with Gasteiger partial charge in [0.2, 0.25) is 0 Å². The molecule has 3 aromatic carbocycles. The van der Waals surface area contributed by atoms with Crippen LogP contribution in [0.25, 0.3) is 17.0 Å². The molecule has 1 N–H and O–H groups in total. The summed E-state index contributed by atoms with van der Waals surface area (Å²) in [6.45, 7) is 4.57. The average molecular weight is 528 g/mol. The van der Waals surface area contributed by atoms with E-state index in [9.17, 15) is 14.4 Å². The second kappa shape index (κ2) is 9.00. The fraction of sp³-hybridized carbons (Fsp3) is 0.107. The number of carbonyl (C=O) groups excluding carboxylic acids is 3. The van der Waals surface area contributed by atoms with E-state index in [1.807, 2.05) is 43.5 Å². The van der Waals surface area contributed by atoms with Gasteiger partial charge >= 0.3 is 6.03 Å². The maximum absolute atomic E-state index is 13.4. The Morgan fingerprint density at radius 3 is 2.51 bits per heavy atom. The smallest absolute Gasteiger partial charge is 0.335 e. The maximum atomic E-state index is 13.4. The normalized spacial score (nSPS) is 15.2. The average Bonchev–Trinajstić information content (AvgIpc) is 3.16. The van der Waals surface area contributed by atoms with Crippen LogP contribution in [-0.2, 0) is 16.1 Å². The maximum Gasteiger partial charge on any atom is 0.335 e. The molecule has 7 heteroatoms. The summed E-state index contributed by atoms with van der Waals surface area (Å²) in [6, 6.07) is 20.5. The van der Waals surface area contributed by atoms with Crippen LogP contribution in [-0.4, -0.2) is 22.4 Å². The second-order valence-corrected chi connectivity index (χ2v) is 9.46. The molecule has 1 aromatic heterocycles. The van der Waals surface area contributed by atoms with Gasteiger partial charge in [-0.15, -0.1) is 0 Å². The summed E-state index contributed by atoms with van der Waals surface area (Å²) in [5.41, 5.74) is 5.22. The van der Waals surface area contributed by atoms with Gasteiger partial charge in [0, 0.05) is 33.7 Å². The Kier molecular flexibility index (Phi) is 5.86. The van der Waals surface area contributed by atoms with Gasteiger partial charge in [-0.1, -0.05) is 64.0 Å². The molecule has 0 aliphatic carbocycles. The molecule has 1 aliphatic rings. The molecule has 0 atom stereocenters. The molecular weight excluding hydrogens is 506 g/mol. The van der Waals surface area contributed by atoms with E-state index in [-0.39, 0.29) is 5.57 Å². The number of hydrogen-bond acceptors (Lipinski definition) is 3. The van der Waals surface area contributed by atoms with Gasteiger partial charge < -0.3 is 4.57 Å². The Morgan fingerprint density at radius 1 is 0.943 bits per heavy atom. The molecule has 0 radical (unpaired) electrons. The highest BCUT2D eigenvalue weighted by molar-refractivity contribution is 9.10. The van der Waals surface area contributed by atoms with Crippen molar-refractivity contribution in [2.75, 3.05) is 4.90 Å². The minimum atomic E-state index is -0.763. The van der Waals surface area contributed by atoms with E-state index in [1.54, 1.807) is 24.3 Å². The van der Waals surface area contributed by atoms with E-state index in [0.29, 0.717) is 12.2 Å². The summed E-state index contributed by atoms with van der Waals surface area (Å²) in [5, 5.41) is 3.22. The third-order valence-corrected chi connectivity index (χ3v) is 6.95. The van der Waals surface area contributed by atoms with Gasteiger partial charge in [0.15, 0.2) is 0 Å². The van der Waals surface area contributed by atoms with Crippen LogP contribution in [0.5, 0.6) is 0 Å². The lowest BCUT2D eigenvalue weighted by Gasteiger charge is -2.26. The molecule has 0 unspecified atom stereocenters. The predicted octanol–water partition coefficient (Wildman–Crippen LogP) is 5.74. The number of para-hydroxylation sites is 1. The lowest BCUT2D eigenvalue weighted by Crippen LogP contribution is -2.54. The van der Waals surface area contributed by atoms with Crippen LogP contribution >= 0.6 is 15.9 Å². The van der Waals surface area contributed by atoms with Gasteiger partial charge in [0.25, 0.3) is 11.8 Å². The standard InChI is InChI=1S/C28H22BrN3O3/c1-17-6-5-7-19(12-17)15-31-16-20(22-8-3-4-9-25(22)31)14-23-26(33)30-28(35)32(27(23)34)21-10-11-24(29)18(2)13-21/h3-14,16H,15H2,1-2H3,(H,30,33,35)/b23-14+. The minimum absolute atomic E-state index is 0.0939. The zero-order chi connectivity index (χ0) is 24.7.